The second-order valence-corrected chi connectivity index (χ2v) is 5.54. The Morgan fingerprint density at radius 1 is 1.57 bits per heavy atom. The van der Waals surface area contributed by atoms with Crippen LogP contribution in [0.3, 0.4) is 0 Å². The number of primary amides is 1. The zero-order valence-corrected chi connectivity index (χ0v) is 9.60. The lowest BCUT2D eigenvalue weighted by Crippen LogP contribution is -2.34. The van der Waals surface area contributed by atoms with Crippen molar-refractivity contribution in [2.75, 3.05) is 0 Å². The Kier molecular flexibility index (Phi) is 3.80. The molecule has 2 amide bonds. The zero-order chi connectivity index (χ0) is 10.7. The maximum Gasteiger partial charge on any atom is 0.332 e. The van der Waals surface area contributed by atoms with Gasteiger partial charge in [0.05, 0.1) is 0 Å². The van der Waals surface area contributed by atoms with E-state index in [-0.39, 0.29) is 0 Å². The second kappa shape index (κ2) is 4.68. The molecule has 0 aromatic rings. The molecule has 0 aromatic carbocycles. The first kappa shape index (κ1) is 11.4. The van der Waals surface area contributed by atoms with Crippen LogP contribution in [0.15, 0.2) is 5.10 Å². The fourth-order valence-corrected chi connectivity index (χ4v) is 2.95. The summed E-state index contributed by atoms with van der Waals surface area (Å²) in [6.45, 7) is 6.49. The summed E-state index contributed by atoms with van der Waals surface area (Å²) in [7, 11) is 0. The van der Waals surface area contributed by atoms with Crippen molar-refractivity contribution in [2.45, 2.75) is 37.7 Å². The van der Waals surface area contributed by atoms with Crippen LogP contribution >= 0.6 is 11.8 Å². The number of urea groups is 1. The highest BCUT2D eigenvalue weighted by Gasteiger charge is 2.27. The maximum absolute atomic E-state index is 10.5. The lowest BCUT2D eigenvalue weighted by molar-refractivity contribution is 0.249. The fraction of sp³-hybridized carbons (Fsp3) is 0.778. The van der Waals surface area contributed by atoms with Gasteiger partial charge in [0.2, 0.25) is 0 Å². The molecule has 1 aliphatic heterocycles. The van der Waals surface area contributed by atoms with Crippen LogP contribution in [0.2, 0.25) is 0 Å². The predicted octanol–water partition coefficient (Wildman–Crippen LogP) is 1.56. The van der Waals surface area contributed by atoms with Crippen LogP contribution < -0.4 is 11.2 Å². The number of rotatable bonds is 1. The minimum absolute atomic E-state index is 0.406. The van der Waals surface area contributed by atoms with Crippen molar-refractivity contribution in [1.29, 1.82) is 0 Å². The van der Waals surface area contributed by atoms with Gasteiger partial charge in [-0.2, -0.15) is 16.9 Å². The molecule has 0 aliphatic carbocycles. The highest BCUT2D eigenvalue weighted by atomic mass is 32.2. The van der Waals surface area contributed by atoms with Gasteiger partial charge in [0.15, 0.2) is 0 Å². The van der Waals surface area contributed by atoms with Crippen molar-refractivity contribution in [2.24, 2.45) is 16.8 Å². The van der Waals surface area contributed by atoms with Crippen LogP contribution in [0, 0.1) is 5.92 Å². The van der Waals surface area contributed by atoms with Crippen molar-refractivity contribution < 1.29 is 4.79 Å². The van der Waals surface area contributed by atoms with Gasteiger partial charge >= 0.3 is 6.03 Å². The van der Waals surface area contributed by atoms with Gasteiger partial charge in [0.1, 0.15) is 0 Å². The molecule has 1 saturated heterocycles. The summed E-state index contributed by atoms with van der Waals surface area (Å²) in [5.74, 6) is 0.406. The van der Waals surface area contributed by atoms with E-state index in [1.165, 1.54) is 0 Å². The Morgan fingerprint density at radius 2 is 2.21 bits per heavy atom. The lowest BCUT2D eigenvalue weighted by Gasteiger charge is -2.30. The molecule has 1 rings (SSSR count). The molecule has 5 heteroatoms. The molecule has 0 unspecified atom stereocenters. The summed E-state index contributed by atoms with van der Waals surface area (Å²) in [4.78, 5) is 10.5. The van der Waals surface area contributed by atoms with Gasteiger partial charge in [0.25, 0.3) is 0 Å². The third-order valence-electron chi connectivity index (χ3n) is 2.48. The Bertz CT molecular complexity index is 254. The van der Waals surface area contributed by atoms with Crippen molar-refractivity contribution in [3.05, 3.63) is 0 Å². The molecule has 0 spiro atoms. The first-order chi connectivity index (χ1) is 6.50. The molecule has 1 fully saturated rings. The first-order valence-electron chi connectivity index (χ1n) is 4.78. The Morgan fingerprint density at radius 3 is 2.79 bits per heavy atom. The number of hydrogen-bond donors (Lipinski definition) is 2. The number of nitrogens with two attached hydrogens (primary N) is 1. The highest BCUT2D eigenvalue weighted by molar-refractivity contribution is 8.00. The van der Waals surface area contributed by atoms with Crippen LogP contribution in [-0.2, 0) is 0 Å². The Labute approximate surface area is 88.7 Å². The molecule has 1 aliphatic rings. The molecule has 0 radical (unpaired) electrons. The van der Waals surface area contributed by atoms with E-state index in [4.69, 9.17) is 5.73 Å². The van der Waals surface area contributed by atoms with E-state index in [1.807, 2.05) is 11.8 Å². The topological polar surface area (TPSA) is 67.5 Å². The maximum atomic E-state index is 10.5. The van der Waals surface area contributed by atoms with Crippen LogP contribution in [-0.4, -0.2) is 22.2 Å². The van der Waals surface area contributed by atoms with Crippen molar-refractivity contribution >= 4 is 23.5 Å². The second-order valence-electron chi connectivity index (χ2n) is 3.72. The zero-order valence-electron chi connectivity index (χ0n) is 8.78. The third kappa shape index (κ3) is 2.90. The molecule has 14 heavy (non-hydrogen) atoms. The molecule has 1 heterocycles. The minimum atomic E-state index is -0.594. The number of nitrogens with one attached hydrogen (secondary N) is 1. The lowest BCUT2D eigenvalue weighted by atomic mass is 9.98. The SMILES string of the molecule is C[C@@H]1/C(=N/NC(N)=O)C[C@H](C)S[C@@H]1C. The molecule has 0 aromatic heterocycles. The van der Waals surface area contributed by atoms with E-state index in [9.17, 15) is 4.79 Å². The molecular formula is C9H17N3OS. The molecule has 3 atom stereocenters. The van der Waals surface area contributed by atoms with Crippen LogP contribution in [0.1, 0.15) is 27.2 Å². The monoisotopic (exact) mass is 215 g/mol. The fourth-order valence-electron chi connectivity index (χ4n) is 1.56. The van der Waals surface area contributed by atoms with Gasteiger partial charge in [0, 0.05) is 22.1 Å². The van der Waals surface area contributed by atoms with Crippen LogP contribution in [0.5, 0.6) is 0 Å². The van der Waals surface area contributed by atoms with E-state index < -0.39 is 6.03 Å². The third-order valence-corrected chi connectivity index (χ3v) is 3.95. The van der Waals surface area contributed by atoms with Crippen LogP contribution in [0.4, 0.5) is 4.79 Å². The van der Waals surface area contributed by atoms with Crippen molar-refractivity contribution in [3.63, 3.8) is 0 Å². The first-order valence-corrected chi connectivity index (χ1v) is 5.72. The molecular weight excluding hydrogens is 198 g/mol. The predicted molar refractivity (Wildman–Crippen MR) is 60.5 cm³/mol. The number of thioether (sulfide) groups is 1. The molecule has 4 nitrogen and oxygen atoms in total. The number of amides is 2. The smallest absolute Gasteiger partial charge is 0.332 e. The summed E-state index contributed by atoms with van der Waals surface area (Å²) in [6.07, 6.45) is 0.927. The van der Waals surface area contributed by atoms with Crippen LogP contribution in [0.25, 0.3) is 0 Å². The summed E-state index contributed by atoms with van der Waals surface area (Å²) in [5, 5.41) is 5.16. The molecule has 80 valence electrons. The normalized spacial score (nSPS) is 35.6. The van der Waals surface area contributed by atoms with E-state index in [0.29, 0.717) is 16.4 Å². The number of hydrazone groups is 1. The van der Waals surface area contributed by atoms with E-state index >= 15 is 0 Å². The molecule has 0 saturated carbocycles. The summed E-state index contributed by atoms with van der Waals surface area (Å²) in [6, 6.07) is -0.594. The van der Waals surface area contributed by atoms with Gasteiger partial charge in [-0.15, -0.1) is 0 Å². The Hall–Kier alpha value is -0.710. The standard InChI is InChI=1S/C9H17N3OS/c1-5-4-8(11-12-9(10)13)6(2)7(3)14-5/h5-7H,4H2,1-3H3,(H3,10,12,13)/b11-8+/t5-,6-,7+/m0/s1. The molecule has 3 N–H and O–H groups in total. The number of nitrogens with zero attached hydrogens (tertiary/aromatic N) is 1. The van der Waals surface area contributed by atoms with E-state index in [2.05, 4.69) is 31.3 Å². The minimum Gasteiger partial charge on any atom is -0.350 e. The number of carbonyl (C=O) groups excluding carboxylic acids is 1. The van der Waals surface area contributed by atoms with Gasteiger partial charge in [-0.3, -0.25) is 0 Å². The highest BCUT2D eigenvalue weighted by Crippen LogP contribution is 2.33. The van der Waals surface area contributed by atoms with Crippen molar-refractivity contribution in [3.8, 4) is 0 Å². The Balaban J connectivity index is 2.65. The number of carbonyl (C=O) groups is 1. The largest absolute Gasteiger partial charge is 0.350 e. The van der Waals surface area contributed by atoms with Crippen molar-refractivity contribution in [1.82, 2.24) is 5.43 Å². The van der Waals surface area contributed by atoms with Gasteiger partial charge in [-0.1, -0.05) is 20.8 Å². The summed E-state index contributed by atoms with van der Waals surface area (Å²) < 4.78 is 0. The summed E-state index contributed by atoms with van der Waals surface area (Å²) in [5.41, 5.74) is 8.31. The average Bonchev–Trinajstić information content (AvgIpc) is 2.08. The van der Waals surface area contributed by atoms with Gasteiger partial charge in [-0.05, 0) is 6.42 Å². The van der Waals surface area contributed by atoms with E-state index in [0.717, 1.165) is 12.1 Å². The summed E-state index contributed by atoms with van der Waals surface area (Å²) >= 11 is 1.96. The van der Waals surface area contributed by atoms with Gasteiger partial charge in [-0.25, -0.2) is 10.2 Å². The quantitative estimate of drug-likeness (QED) is 0.652. The average molecular weight is 215 g/mol. The molecule has 0 bridgehead atoms. The number of hydrogen-bond acceptors (Lipinski definition) is 3. The van der Waals surface area contributed by atoms with E-state index in [1.54, 1.807) is 0 Å². The van der Waals surface area contributed by atoms with Gasteiger partial charge < -0.3 is 5.73 Å².